The van der Waals surface area contributed by atoms with Gasteiger partial charge in [0.05, 0.1) is 7.11 Å². The van der Waals surface area contributed by atoms with Crippen LogP contribution in [-0.4, -0.2) is 38.7 Å². The minimum absolute atomic E-state index is 0.308. The van der Waals surface area contributed by atoms with Gasteiger partial charge >= 0.3 is 11.9 Å². The van der Waals surface area contributed by atoms with Crippen LogP contribution in [-0.2, 0) is 19.1 Å². The highest BCUT2D eigenvalue weighted by Crippen LogP contribution is 1.90. The Hall–Kier alpha value is -1.62. The first-order valence-electron chi connectivity index (χ1n) is 6.63. The van der Waals surface area contributed by atoms with Gasteiger partial charge < -0.3 is 14.8 Å². The summed E-state index contributed by atoms with van der Waals surface area (Å²) in [4.78, 5) is 21.1. The summed E-state index contributed by atoms with van der Waals surface area (Å²) in [5, 5.41) is 3.17. The second-order valence-electron chi connectivity index (χ2n) is 4.29. The molecule has 0 radical (unpaired) electrons. The van der Waals surface area contributed by atoms with Crippen LogP contribution in [0.25, 0.3) is 0 Å². The van der Waals surface area contributed by atoms with E-state index in [1.807, 2.05) is 0 Å². The quantitative estimate of drug-likeness (QED) is 0.421. The molecular formula is C15H27NO4. The third kappa shape index (κ3) is 14.4. The highest BCUT2D eigenvalue weighted by molar-refractivity contribution is 5.87. The number of rotatable bonds is 8. The number of esters is 2. The normalized spacial score (nSPS) is 9.00. The minimum atomic E-state index is -0.347. The molecule has 0 aromatic carbocycles. The summed E-state index contributed by atoms with van der Waals surface area (Å²) in [5.74, 6) is -0.655. The lowest BCUT2D eigenvalue weighted by molar-refractivity contribution is -0.139. The van der Waals surface area contributed by atoms with Gasteiger partial charge in [0.2, 0.25) is 0 Å². The minimum Gasteiger partial charge on any atom is -0.466 e. The maximum Gasteiger partial charge on any atom is 0.333 e. The molecule has 0 bridgehead atoms. The predicted molar refractivity (Wildman–Crippen MR) is 80.4 cm³/mol. The molecule has 0 saturated heterocycles. The van der Waals surface area contributed by atoms with Gasteiger partial charge in [-0.05, 0) is 26.8 Å². The van der Waals surface area contributed by atoms with Gasteiger partial charge in [-0.3, -0.25) is 0 Å². The fourth-order valence-corrected chi connectivity index (χ4v) is 0.940. The predicted octanol–water partition coefficient (Wildman–Crippen LogP) is 2.23. The first kappa shape index (κ1) is 20.7. The Bertz CT molecular complexity index is 324. The van der Waals surface area contributed by atoms with Crippen LogP contribution in [0.4, 0.5) is 0 Å². The summed E-state index contributed by atoms with van der Waals surface area (Å²) in [6.07, 6.45) is 2.34. The molecule has 0 heterocycles. The van der Waals surface area contributed by atoms with E-state index in [0.717, 1.165) is 19.5 Å². The molecule has 0 unspecified atom stereocenters. The van der Waals surface area contributed by atoms with Gasteiger partial charge in [0.15, 0.2) is 0 Å². The number of nitrogens with one attached hydrogen (secondary N) is 1. The summed E-state index contributed by atoms with van der Waals surface area (Å²) in [5.41, 5.74) is 0.885. The second-order valence-corrected chi connectivity index (χ2v) is 4.29. The van der Waals surface area contributed by atoms with Gasteiger partial charge in [0, 0.05) is 17.7 Å². The molecule has 5 heteroatoms. The molecule has 5 nitrogen and oxygen atoms in total. The molecule has 0 fully saturated rings. The molecule has 20 heavy (non-hydrogen) atoms. The van der Waals surface area contributed by atoms with Crippen LogP contribution < -0.4 is 5.32 Å². The topological polar surface area (TPSA) is 64.6 Å². The third-order valence-corrected chi connectivity index (χ3v) is 2.10. The van der Waals surface area contributed by atoms with Gasteiger partial charge in [-0.2, -0.15) is 0 Å². The van der Waals surface area contributed by atoms with Crippen LogP contribution >= 0.6 is 0 Å². The van der Waals surface area contributed by atoms with Crippen molar-refractivity contribution in [1.29, 1.82) is 0 Å². The van der Waals surface area contributed by atoms with Crippen LogP contribution in [0.15, 0.2) is 24.3 Å². The summed E-state index contributed by atoms with van der Waals surface area (Å²) < 4.78 is 9.16. The lowest BCUT2D eigenvalue weighted by atomic mass is 10.3. The van der Waals surface area contributed by atoms with E-state index in [9.17, 15) is 9.59 Å². The Morgan fingerprint density at radius 2 is 1.60 bits per heavy atom. The molecule has 0 saturated carbocycles. The number of methoxy groups -OCH3 is 1. The molecule has 0 spiro atoms. The summed E-state index contributed by atoms with van der Waals surface area (Å²) in [7, 11) is 1.33. The van der Waals surface area contributed by atoms with E-state index in [0.29, 0.717) is 17.8 Å². The number of carbonyl (C=O) groups excluding carboxylic acids is 2. The van der Waals surface area contributed by atoms with Crippen LogP contribution in [0, 0.1) is 0 Å². The van der Waals surface area contributed by atoms with Crippen LogP contribution in [0.3, 0.4) is 0 Å². The Labute approximate surface area is 122 Å². The van der Waals surface area contributed by atoms with E-state index in [4.69, 9.17) is 4.74 Å². The number of hydrogen-bond donors (Lipinski definition) is 1. The number of hydrogen-bond acceptors (Lipinski definition) is 5. The van der Waals surface area contributed by atoms with Gasteiger partial charge in [0.1, 0.15) is 6.61 Å². The molecule has 0 aromatic rings. The van der Waals surface area contributed by atoms with Crippen molar-refractivity contribution in [3.8, 4) is 0 Å². The van der Waals surface area contributed by atoms with Crippen molar-refractivity contribution in [2.24, 2.45) is 0 Å². The molecule has 0 aliphatic carbocycles. The average Bonchev–Trinajstić information content (AvgIpc) is 2.41. The molecule has 0 aromatic heterocycles. The van der Waals surface area contributed by atoms with Crippen LogP contribution in [0.5, 0.6) is 0 Å². The van der Waals surface area contributed by atoms with Crippen molar-refractivity contribution in [2.75, 3.05) is 26.8 Å². The van der Waals surface area contributed by atoms with E-state index < -0.39 is 0 Å². The van der Waals surface area contributed by atoms with E-state index in [1.165, 1.54) is 13.5 Å². The molecule has 116 valence electrons. The monoisotopic (exact) mass is 285 g/mol. The second kappa shape index (κ2) is 13.8. The van der Waals surface area contributed by atoms with Crippen molar-refractivity contribution < 1.29 is 19.1 Å². The summed E-state index contributed by atoms with van der Waals surface area (Å²) >= 11 is 0. The summed E-state index contributed by atoms with van der Waals surface area (Å²) in [6.45, 7) is 14.4. The third-order valence-electron chi connectivity index (χ3n) is 2.10. The molecule has 0 aliphatic rings. The lowest BCUT2D eigenvalue weighted by Crippen LogP contribution is -2.22. The molecular weight excluding hydrogens is 258 g/mol. The highest BCUT2D eigenvalue weighted by Gasteiger charge is 2.00. The lowest BCUT2D eigenvalue weighted by Gasteiger charge is -2.05. The number of carbonyl (C=O) groups is 2. The Kier molecular flexibility index (Phi) is 14.3. The molecule has 0 amide bonds. The Balaban J connectivity index is 0. The van der Waals surface area contributed by atoms with Gasteiger partial charge in [-0.25, -0.2) is 9.59 Å². The molecule has 0 aliphatic heterocycles. The van der Waals surface area contributed by atoms with Gasteiger partial charge in [0.25, 0.3) is 0 Å². The van der Waals surface area contributed by atoms with Crippen LogP contribution in [0.1, 0.15) is 33.6 Å². The maximum absolute atomic E-state index is 10.9. The average molecular weight is 285 g/mol. The first-order chi connectivity index (χ1) is 9.36. The van der Waals surface area contributed by atoms with E-state index in [1.54, 1.807) is 13.8 Å². The van der Waals surface area contributed by atoms with Gasteiger partial charge in [-0.15, -0.1) is 0 Å². The zero-order valence-corrected chi connectivity index (χ0v) is 13.1. The standard InChI is InChI=1S/C10H19NO2.C5H8O2/c1-4-5-6-11-7-8-13-10(12)9(2)3;1-4(2)5(6)7-3/h11H,2,4-8H2,1,3H3;1H2,2-3H3. The van der Waals surface area contributed by atoms with Crippen molar-refractivity contribution in [2.45, 2.75) is 33.6 Å². The smallest absolute Gasteiger partial charge is 0.333 e. The molecule has 1 N–H and O–H groups in total. The Morgan fingerprint density at radius 1 is 1.05 bits per heavy atom. The molecule has 0 atom stereocenters. The zero-order chi connectivity index (χ0) is 16.0. The van der Waals surface area contributed by atoms with Crippen molar-refractivity contribution in [3.63, 3.8) is 0 Å². The van der Waals surface area contributed by atoms with Gasteiger partial charge in [-0.1, -0.05) is 26.5 Å². The van der Waals surface area contributed by atoms with Crippen molar-refractivity contribution in [1.82, 2.24) is 5.32 Å². The number of ether oxygens (including phenoxy) is 2. The van der Waals surface area contributed by atoms with Crippen LogP contribution in [0.2, 0.25) is 0 Å². The van der Waals surface area contributed by atoms with Crippen molar-refractivity contribution in [3.05, 3.63) is 24.3 Å². The van der Waals surface area contributed by atoms with Crippen molar-refractivity contribution >= 4 is 11.9 Å². The fourth-order valence-electron chi connectivity index (χ4n) is 0.940. The number of unbranched alkanes of at least 4 members (excludes halogenated alkanes) is 1. The maximum atomic E-state index is 10.9. The SMILES string of the molecule is C=C(C)C(=O)OC.C=C(C)C(=O)OCCNCCCC. The highest BCUT2D eigenvalue weighted by atomic mass is 16.5. The zero-order valence-electron chi connectivity index (χ0n) is 13.1. The fraction of sp³-hybridized carbons (Fsp3) is 0.600. The largest absolute Gasteiger partial charge is 0.466 e. The first-order valence-corrected chi connectivity index (χ1v) is 6.63. The summed E-state index contributed by atoms with van der Waals surface area (Å²) in [6, 6.07) is 0. The van der Waals surface area contributed by atoms with E-state index in [2.05, 4.69) is 30.1 Å². The van der Waals surface area contributed by atoms with E-state index in [-0.39, 0.29) is 11.9 Å². The Morgan fingerprint density at radius 3 is 1.95 bits per heavy atom. The molecule has 0 rings (SSSR count). The van der Waals surface area contributed by atoms with E-state index >= 15 is 0 Å².